The van der Waals surface area contributed by atoms with Crippen LogP contribution in [0, 0.1) is 17.8 Å². The molecule has 0 saturated carbocycles. The predicted octanol–water partition coefficient (Wildman–Crippen LogP) is 2.27. The molecule has 1 N–H and O–H groups in total. The maximum absolute atomic E-state index is 12.4. The largest absolute Gasteiger partial charge is 0.329 e. The van der Waals surface area contributed by atoms with Gasteiger partial charge in [0, 0.05) is 24.1 Å². The van der Waals surface area contributed by atoms with Gasteiger partial charge in [0.25, 0.3) is 5.91 Å². The van der Waals surface area contributed by atoms with Crippen molar-refractivity contribution in [2.45, 2.75) is 32.7 Å². The van der Waals surface area contributed by atoms with Crippen LogP contribution >= 0.6 is 0 Å². The summed E-state index contributed by atoms with van der Waals surface area (Å²) in [4.78, 5) is 14.3. The first-order valence-electron chi connectivity index (χ1n) is 7.75. The van der Waals surface area contributed by atoms with Crippen LogP contribution in [-0.2, 0) is 4.79 Å². The number of benzene rings is 1. The fraction of sp³-hybridized carbons (Fsp3) is 0.500. The lowest BCUT2D eigenvalue weighted by molar-refractivity contribution is -0.127. The average molecular weight is 284 g/mol. The summed E-state index contributed by atoms with van der Waals surface area (Å²) in [6.07, 6.45) is 2.28. The Morgan fingerprint density at radius 1 is 1.29 bits per heavy atom. The lowest BCUT2D eigenvalue weighted by atomic mass is 9.97. The summed E-state index contributed by atoms with van der Waals surface area (Å²) in [5, 5.41) is 3.36. The van der Waals surface area contributed by atoms with Crippen LogP contribution in [0.2, 0.25) is 0 Å². The quantitative estimate of drug-likeness (QED) is 0.864. The SMILES string of the molecule is CC(C)N(CC1CCNCC1)C(=O)C#Cc1ccccc1. The lowest BCUT2D eigenvalue weighted by Crippen LogP contribution is -2.42. The van der Waals surface area contributed by atoms with Crippen molar-refractivity contribution in [2.75, 3.05) is 19.6 Å². The van der Waals surface area contributed by atoms with Gasteiger partial charge < -0.3 is 10.2 Å². The van der Waals surface area contributed by atoms with Crippen molar-refractivity contribution in [1.82, 2.24) is 10.2 Å². The second kappa shape index (κ2) is 7.85. The fourth-order valence-electron chi connectivity index (χ4n) is 2.59. The molecule has 0 aromatic heterocycles. The minimum atomic E-state index is -0.0626. The van der Waals surface area contributed by atoms with Gasteiger partial charge in [0.15, 0.2) is 0 Å². The van der Waals surface area contributed by atoms with E-state index in [-0.39, 0.29) is 11.9 Å². The summed E-state index contributed by atoms with van der Waals surface area (Å²) in [5.41, 5.74) is 0.886. The van der Waals surface area contributed by atoms with E-state index >= 15 is 0 Å². The highest BCUT2D eigenvalue weighted by molar-refractivity contribution is 5.94. The molecule has 3 heteroatoms. The van der Waals surface area contributed by atoms with Crippen molar-refractivity contribution in [3.05, 3.63) is 35.9 Å². The highest BCUT2D eigenvalue weighted by Crippen LogP contribution is 2.15. The molecule has 1 aromatic carbocycles. The lowest BCUT2D eigenvalue weighted by Gasteiger charge is -2.31. The van der Waals surface area contributed by atoms with E-state index in [2.05, 4.69) is 31.0 Å². The topological polar surface area (TPSA) is 32.3 Å². The number of amides is 1. The van der Waals surface area contributed by atoms with Gasteiger partial charge in [0.05, 0.1) is 0 Å². The van der Waals surface area contributed by atoms with Crippen molar-refractivity contribution in [3.8, 4) is 11.8 Å². The maximum atomic E-state index is 12.4. The molecule has 0 bridgehead atoms. The minimum absolute atomic E-state index is 0.0626. The van der Waals surface area contributed by atoms with Gasteiger partial charge in [0.2, 0.25) is 0 Å². The molecule has 1 aliphatic heterocycles. The van der Waals surface area contributed by atoms with Gasteiger partial charge in [-0.2, -0.15) is 0 Å². The third-order valence-corrected chi connectivity index (χ3v) is 3.89. The van der Waals surface area contributed by atoms with E-state index in [1.165, 1.54) is 0 Å². The summed E-state index contributed by atoms with van der Waals surface area (Å²) in [6, 6.07) is 9.86. The number of rotatable bonds is 3. The third-order valence-electron chi connectivity index (χ3n) is 3.89. The molecule has 0 atom stereocenters. The molecule has 1 aromatic rings. The monoisotopic (exact) mass is 284 g/mol. The molecule has 2 rings (SSSR count). The van der Waals surface area contributed by atoms with Crippen LogP contribution in [0.25, 0.3) is 0 Å². The van der Waals surface area contributed by atoms with Crippen LogP contribution in [0.5, 0.6) is 0 Å². The van der Waals surface area contributed by atoms with Crippen molar-refractivity contribution in [2.24, 2.45) is 5.92 Å². The van der Waals surface area contributed by atoms with Crippen molar-refractivity contribution in [1.29, 1.82) is 0 Å². The Kier molecular flexibility index (Phi) is 5.83. The van der Waals surface area contributed by atoms with Crippen molar-refractivity contribution < 1.29 is 4.79 Å². The van der Waals surface area contributed by atoms with Crippen LogP contribution in [0.4, 0.5) is 0 Å². The zero-order valence-electron chi connectivity index (χ0n) is 12.9. The third kappa shape index (κ3) is 4.91. The fourth-order valence-corrected chi connectivity index (χ4v) is 2.59. The van der Waals surface area contributed by atoms with Crippen LogP contribution < -0.4 is 5.32 Å². The summed E-state index contributed by atoms with van der Waals surface area (Å²) in [5.74, 6) is 6.29. The number of carbonyl (C=O) groups excluding carboxylic acids is 1. The van der Waals surface area contributed by atoms with Crippen LogP contribution in [0.15, 0.2) is 30.3 Å². The molecule has 21 heavy (non-hydrogen) atoms. The molecule has 0 spiro atoms. The number of hydrogen-bond acceptors (Lipinski definition) is 2. The Morgan fingerprint density at radius 2 is 1.95 bits per heavy atom. The van der Waals surface area contributed by atoms with Crippen LogP contribution in [0.1, 0.15) is 32.3 Å². The molecular weight excluding hydrogens is 260 g/mol. The Hall–Kier alpha value is -1.79. The van der Waals surface area contributed by atoms with E-state index in [0.717, 1.165) is 38.0 Å². The van der Waals surface area contributed by atoms with Crippen LogP contribution in [-0.4, -0.2) is 36.5 Å². The highest BCUT2D eigenvalue weighted by Gasteiger charge is 2.21. The van der Waals surface area contributed by atoms with Gasteiger partial charge >= 0.3 is 0 Å². The van der Waals surface area contributed by atoms with Crippen LogP contribution in [0.3, 0.4) is 0 Å². The van der Waals surface area contributed by atoms with Crippen molar-refractivity contribution in [3.63, 3.8) is 0 Å². The normalized spacial score (nSPS) is 15.4. The Balaban J connectivity index is 2.00. The molecule has 3 nitrogen and oxygen atoms in total. The molecule has 1 amide bonds. The molecule has 0 aliphatic carbocycles. The standard InChI is InChI=1S/C18H24N2O/c1-15(2)20(14-17-10-12-19-13-11-17)18(21)9-8-16-6-4-3-5-7-16/h3-7,15,17,19H,10-14H2,1-2H3. The zero-order valence-corrected chi connectivity index (χ0v) is 12.9. The maximum Gasteiger partial charge on any atom is 0.299 e. The van der Waals surface area contributed by atoms with Gasteiger partial charge in [-0.25, -0.2) is 0 Å². The van der Waals surface area contributed by atoms with Gasteiger partial charge in [-0.1, -0.05) is 24.1 Å². The molecular formula is C18H24N2O. The van der Waals surface area contributed by atoms with E-state index < -0.39 is 0 Å². The van der Waals surface area contributed by atoms with E-state index in [9.17, 15) is 4.79 Å². The van der Waals surface area contributed by atoms with Gasteiger partial charge in [-0.05, 0) is 57.8 Å². The minimum Gasteiger partial charge on any atom is -0.329 e. The molecule has 1 heterocycles. The summed E-state index contributed by atoms with van der Waals surface area (Å²) in [7, 11) is 0. The molecule has 1 aliphatic rings. The van der Waals surface area contributed by atoms with Gasteiger partial charge in [-0.3, -0.25) is 4.79 Å². The summed E-state index contributed by atoms with van der Waals surface area (Å²) < 4.78 is 0. The molecule has 1 saturated heterocycles. The van der Waals surface area contributed by atoms with Gasteiger partial charge in [-0.15, -0.1) is 0 Å². The number of nitrogens with zero attached hydrogens (tertiary/aromatic N) is 1. The molecule has 112 valence electrons. The first-order valence-corrected chi connectivity index (χ1v) is 7.75. The van der Waals surface area contributed by atoms with E-state index in [1.54, 1.807) is 0 Å². The van der Waals surface area contributed by atoms with E-state index in [4.69, 9.17) is 0 Å². The van der Waals surface area contributed by atoms with E-state index in [1.807, 2.05) is 35.2 Å². The molecule has 0 unspecified atom stereocenters. The predicted molar refractivity (Wildman–Crippen MR) is 85.8 cm³/mol. The average Bonchev–Trinajstić information content (AvgIpc) is 2.52. The zero-order chi connectivity index (χ0) is 15.1. The highest BCUT2D eigenvalue weighted by atomic mass is 16.2. The Labute approximate surface area is 127 Å². The number of piperidine rings is 1. The second-order valence-electron chi connectivity index (χ2n) is 5.86. The second-order valence-corrected chi connectivity index (χ2v) is 5.86. The molecule has 1 fully saturated rings. The summed E-state index contributed by atoms with van der Waals surface area (Å²) in [6.45, 7) is 7.05. The smallest absolute Gasteiger partial charge is 0.299 e. The summed E-state index contributed by atoms with van der Waals surface area (Å²) >= 11 is 0. The Morgan fingerprint density at radius 3 is 2.57 bits per heavy atom. The number of carbonyl (C=O) groups is 1. The number of hydrogen-bond donors (Lipinski definition) is 1. The van der Waals surface area contributed by atoms with Crippen molar-refractivity contribution >= 4 is 5.91 Å². The first-order chi connectivity index (χ1) is 10.2. The first kappa shape index (κ1) is 15.6. The molecule has 0 radical (unpaired) electrons. The van der Waals surface area contributed by atoms with Gasteiger partial charge in [0.1, 0.15) is 0 Å². The number of nitrogens with one attached hydrogen (secondary N) is 1. The van der Waals surface area contributed by atoms with E-state index in [0.29, 0.717) is 5.92 Å². The Bertz CT molecular complexity index is 507.